The van der Waals surface area contributed by atoms with E-state index in [0.717, 1.165) is 18.9 Å². The molecule has 0 radical (unpaired) electrons. The van der Waals surface area contributed by atoms with E-state index in [1.54, 1.807) is 13.8 Å². The van der Waals surface area contributed by atoms with Crippen LogP contribution in [0.2, 0.25) is 0 Å². The summed E-state index contributed by atoms with van der Waals surface area (Å²) in [4.78, 5) is 12.5. The molecule has 1 fully saturated rings. The van der Waals surface area contributed by atoms with Gasteiger partial charge in [-0.1, -0.05) is 0 Å². The minimum Gasteiger partial charge on any atom is -0.496 e. The smallest absolute Gasteiger partial charge is 0.420 e. The number of halogens is 3. The number of methoxy groups -OCH3 is 1. The number of alkyl halides is 3. The van der Waals surface area contributed by atoms with Gasteiger partial charge in [0.2, 0.25) is 0 Å². The van der Waals surface area contributed by atoms with E-state index in [4.69, 9.17) is 9.47 Å². The Labute approximate surface area is 133 Å². The number of rotatable bonds is 6. The number of amides is 1. The average Bonchev–Trinajstić information content (AvgIpc) is 3.31. The van der Waals surface area contributed by atoms with Crippen LogP contribution in [-0.2, 0) is 15.7 Å². The number of carbonyl (C=O) groups excluding carboxylic acids is 1. The van der Waals surface area contributed by atoms with Crippen LogP contribution in [0.4, 0.5) is 18.9 Å². The number of benzene rings is 1. The molecule has 7 heteroatoms. The zero-order valence-corrected chi connectivity index (χ0v) is 13.3. The van der Waals surface area contributed by atoms with E-state index in [0.29, 0.717) is 6.61 Å². The van der Waals surface area contributed by atoms with Crippen LogP contribution in [0.15, 0.2) is 18.2 Å². The molecule has 0 heterocycles. The lowest BCUT2D eigenvalue weighted by molar-refractivity contribution is -0.142. The monoisotopic (exact) mass is 331 g/mol. The first-order valence-electron chi connectivity index (χ1n) is 7.43. The first kappa shape index (κ1) is 17.6. The molecule has 1 unspecified atom stereocenters. The molecule has 1 atom stereocenters. The van der Waals surface area contributed by atoms with Crippen LogP contribution in [0.5, 0.6) is 5.75 Å². The molecule has 1 aromatic rings. The van der Waals surface area contributed by atoms with Crippen molar-refractivity contribution in [3.63, 3.8) is 0 Å². The van der Waals surface area contributed by atoms with E-state index in [2.05, 4.69) is 5.32 Å². The van der Waals surface area contributed by atoms with Crippen molar-refractivity contribution in [3.05, 3.63) is 23.8 Å². The molecule has 1 aliphatic carbocycles. The van der Waals surface area contributed by atoms with Crippen LogP contribution in [0.25, 0.3) is 0 Å². The summed E-state index contributed by atoms with van der Waals surface area (Å²) in [5.41, 5.74) is -1.88. The largest absolute Gasteiger partial charge is 0.496 e. The maximum absolute atomic E-state index is 13.0. The van der Waals surface area contributed by atoms with Crippen LogP contribution < -0.4 is 10.1 Å². The van der Waals surface area contributed by atoms with Crippen molar-refractivity contribution < 1.29 is 27.4 Å². The second kappa shape index (κ2) is 6.39. The van der Waals surface area contributed by atoms with Gasteiger partial charge in [0, 0.05) is 12.3 Å². The molecule has 1 aromatic carbocycles. The van der Waals surface area contributed by atoms with Gasteiger partial charge < -0.3 is 14.8 Å². The zero-order chi connectivity index (χ0) is 17.3. The summed E-state index contributed by atoms with van der Waals surface area (Å²) in [5.74, 6) is -0.617. The maximum Gasteiger partial charge on any atom is 0.420 e. The summed E-state index contributed by atoms with van der Waals surface area (Å²) < 4.78 is 49.4. The van der Waals surface area contributed by atoms with Crippen molar-refractivity contribution in [1.29, 1.82) is 0 Å². The van der Waals surface area contributed by atoms with Crippen LogP contribution in [0, 0.1) is 5.92 Å². The summed E-state index contributed by atoms with van der Waals surface area (Å²) >= 11 is 0. The van der Waals surface area contributed by atoms with Crippen molar-refractivity contribution in [1.82, 2.24) is 0 Å². The summed E-state index contributed by atoms with van der Waals surface area (Å²) in [6.45, 7) is 3.82. The Kier molecular flexibility index (Phi) is 4.89. The topological polar surface area (TPSA) is 47.6 Å². The van der Waals surface area contributed by atoms with Gasteiger partial charge >= 0.3 is 6.18 Å². The molecule has 4 nitrogen and oxygen atoms in total. The summed E-state index contributed by atoms with van der Waals surface area (Å²) in [7, 11) is 1.17. The molecule has 1 aliphatic rings. The molecular formula is C16H20F3NO3. The molecule has 1 saturated carbocycles. The highest BCUT2D eigenvalue weighted by Crippen LogP contribution is 2.43. The molecule has 0 spiro atoms. The third-order valence-electron chi connectivity index (χ3n) is 4.01. The van der Waals surface area contributed by atoms with Gasteiger partial charge in [-0.15, -0.1) is 0 Å². The van der Waals surface area contributed by atoms with Gasteiger partial charge in [-0.2, -0.15) is 13.2 Å². The SMILES string of the molecule is CCOC(C)(C(=O)Nc1ccc(OC)c(C(F)(F)F)c1)C1CC1. The molecule has 1 amide bonds. The number of anilines is 1. The third kappa shape index (κ3) is 3.77. The van der Waals surface area contributed by atoms with Crippen LogP contribution >= 0.6 is 0 Å². The second-order valence-corrected chi connectivity index (χ2v) is 5.68. The van der Waals surface area contributed by atoms with Crippen molar-refractivity contribution in [3.8, 4) is 5.75 Å². The Morgan fingerprint density at radius 3 is 2.48 bits per heavy atom. The molecule has 0 saturated heterocycles. The molecule has 23 heavy (non-hydrogen) atoms. The van der Waals surface area contributed by atoms with Gasteiger partial charge in [-0.05, 0) is 50.8 Å². The van der Waals surface area contributed by atoms with Gasteiger partial charge in [0.1, 0.15) is 11.4 Å². The fraction of sp³-hybridized carbons (Fsp3) is 0.562. The zero-order valence-electron chi connectivity index (χ0n) is 13.3. The Morgan fingerprint density at radius 1 is 1.35 bits per heavy atom. The number of hydrogen-bond acceptors (Lipinski definition) is 3. The van der Waals surface area contributed by atoms with E-state index in [1.165, 1.54) is 19.2 Å². The minimum absolute atomic E-state index is 0.0645. The Hall–Kier alpha value is -1.76. The van der Waals surface area contributed by atoms with Crippen LogP contribution in [0.1, 0.15) is 32.3 Å². The molecule has 0 aliphatic heterocycles. The molecule has 128 valence electrons. The highest BCUT2D eigenvalue weighted by molar-refractivity contribution is 5.97. The summed E-state index contributed by atoms with van der Waals surface area (Å²) in [6, 6.07) is 3.44. The molecule has 1 N–H and O–H groups in total. The second-order valence-electron chi connectivity index (χ2n) is 5.68. The number of ether oxygens (including phenoxy) is 2. The predicted octanol–water partition coefficient (Wildman–Crippen LogP) is 3.86. The Bertz CT molecular complexity index is 584. The van der Waals surface area contributed by atoms with E-state index in [9.17, 15) is 18.0 Å². The lowest BCUT2D eigenvalue weighted by Gasteiger charge is -2.28. The number of hydrogen-bond donors (Lipinski definition) is 1. The van der Waals surface area contributed by atoms with Crippen LogP contribution in [-0.4, -0.2) is 25.2 Å². The highest BCUT2D eigenvalue weighted by atomic mass is 19.4. The maximum atomic E-state index is 13.0. The third-order valence-corrected chi connectivity index (χ3v) is 4.01. The van der Waals surface area contributed by atoms with Gasteiger partial charge in [0.15, 0.2) is 0 Å². The first-order chi connectivity index (χ1) is 10.7. The molecular weight excluding hydrogens is 311 g/mol. The Morgan fingerprint density at radius 2 is 2.00 bits per heavy atom. The Balaban J connectivity index is 2.24. The van der Waals surface area contributed by atoms with E-state index in [1.807, 2.05) is 0 Å². The minimum atomic E-state index is -4.56. The summed E-state index contributed by atoms with van der Waals surface area (Å²) in [5, 5.41) is 2.53. The normalized spacial score (nSPS) is 17.5. The lowest BCUT2D eigenvalue weighted by atomic mass is 9.98. The van der Waals surface area contributed by atoms with Gasteiger partial charge in [-0.3, -0.25) is 4.79 Å². The van der Waals surface area contributed by atoms with E-state index in [-0.39, 0.29) is 17.4 Å². The van der Waals surface area contributed by atoms with Gasteiger partial charge in [-0.25, -0.2) is 0 Å². The highest BCUT2D eigenvalue weighted by Gasteiger charge is 2.48. The number of carbonyl (C=O) groups is 1. The van der Waals surface area contributed by atoms with Crippen molar-refractivity contribution >= 4 is 11.6 Å². The standard InChI is InChI=1S/C16H20F3NO3/c1-4-23-15(2,10-5-6-10)14(21)20-11-7-8-13(22-3)12(9-11)16(17,18)19/h7-10H,4-6H2,1-3H3,(H,20,21). The molecule has 0 bridgehead atoms. The summed E-state index contributed by atoms with van der Waals surface area (Å²) in [6.07, 6.45) is -2.81. The lowest BCUT2D eigenvalue weighted by Crippen LogP contribution is -2.44. The van der Waals surface area contributed by atoms with Gasteiger partial charge in [0.25, 0.3) is 5.91 Å². The first-order valence-corrected chi connectivity index (χ1v) is 7.43. The van der Waals surface area contributed by atoms with Crippen molar-refractivity contribution in [2.75, 3.05) is 19.0 Å². The van der Waals surface area contributed by atoms with Crippen molar-refractivity contribution in [2.45, 2.75) is 38.5 Å². The fourth-order valence-corrected chi connectivity index (χ4v) is 2.57. The average molecular weight is 331 g/mol. The molecule has 0 aromatic heterocycles. The van der Waals surface area contributed by atoms with E-state index < -0.39 is 23.2 Å². The molecule has 2 rings (SSSR count). The van der Waals surface area contributed by atoms with Crippen molar-refractivity contribution in [2.24, 2.45) is 5.92 Å². The van der Waals surface area contributed by atoms with Gasteiger partial charge in [0.05, 0.1) is 12.7 Å². The fourth-order valence-electron chi connectivity index (χ4n) is 2.57. The number of nitrogens with one attached hydrogen (secondary N) is 1. The quantitative estimate of drug-likeness (QED) is 0.861. The van der Waals surface area contributed by atoms with E-state index >= 15 is 0 Å². The predicted molar refractivity (Wildman–Crippen MR) is 79.4 cm³/mol. The van der Waals surface area contributed by atoms with Crippen LogP contribution in [0.3, 0.4) is 0 Å².